The van der Waals surface area contributed by atoms with Crippen LogP contribution in [0.3, 0.4) is 0 Å². The van der Waals surface area contributed by atoms with Crippen LogP contribution in [-0.2, 0) is 9.53 Å². The van der Waals surface area contributed by atoms with Gasteiger partial charge in [-0.05, 0) is 48.4 Å². The molecule has 0 aliphatic carbocycles. The molecule has 0 spiro atoms. The summed E-state index contributed by atoms with van der Waals surface area (Å²) in [7, 11) is 1.62. The molecule has 0 radical (unpaired) electrons. The molecule has 1 unspecified atom stereocenters. The number of hydrogen-bond donors (Lipinski definition) is 1. The highest BCUT2D eigenvalue weighted by Gasteiger charge is 2.28. The summed E-state index contributed by atoms with van der Waals surface area (Å²) >= 11 is 3.38. The number of aliphatic carboxylic acids is 1. The Kier molecular flexibility index (Phi) is 4.63. The molecule has 6 heteroatoms. The Labute approximate surface area is 153 Å². The zero-order chi connectivity index (χ0) is 18.1. The number of fused-ring (bicyclic) bond motifs is 1. The quantitative estimate of drug-likeness (QED) is 0.807. The Bertz CT molecular complexity index is 873. The lowest BCUT2D eigenvalue weighted by atomic mass is 9.96. The van der Waals surface area contributed by atoms with Gasteiger partial charge in [0.15, 0.2) is 0 Å². The number of rotatable bonds is 3. The van der Waals surface area contributed by atoms with E-state index in [1.165, 1.54) is 4.90 Å². The highest BCUT2D eigenvalue weighted by atomic mass is 79.9. The number of benzene rings is 2. The molecular weight excluding hydrogens is 386 g/mol. The third-order valence-corrected chi connectivity index (χ3v) is 4.69. The second-order valence-electron chi connectivity index (χ2n) is 5.82. The number of halogens is 1. The van der Waals surface area contributed by atoms with E-state index in [0.29, 0.717) is 22.6 Å². The average molecular weight is 402 g/mol. The molecule has 2 aromatic rings. The number of carbonyl (C=O) groups excluding carboxylic acids is 1. The van der Waals surface area contributed by atoms with Gasteiger partial charge in [0.2, 0.25) is 0 Å². The summed E-state index contributed by atoms with van der Waals surface area (Å²) in [5.74, 6) is -1.15. The van der Waals surface area contributed by atoms with E-state index in [1.54, 1.807) is 38.2 Å². The van der Waals surface area contributed by atoms with Crippen LogP contribution >= 0.6 is 15.9 Å². The molecule has 0 bridgehead atoms. The van der Waals surface area contributed by atoms with Crippen molar-refractivity contribution in [2.45, 2.75) is 12.8 Å². The fraction of sp³-hybridized carbons (Fsp3) is 0.158. The summed E-state index contributed by atoms with van der Waals surface area (Å²) < 4.78 is 6.40. The second kappa shape index (κ2) is 6.72. The van der Waals surface area contributed by atoms with Gasteiger partial charge in [-0.25, -0.2) is 4.79 Å². The molecule has 3 rings (SSSR count). The van der Waals surface area contributed by atoms with Crippen molar-refractivity contribution in [1.82, 2.24) is 0 Å². The zero-order valence-electron chi connectivity index (χ0n) is 13.7. The maximum atomic E-state index is 12.1. The number of ether oxygens (including phenoxy) is 1. The van der Waals surface area contributed by atoms with Crippen LogP contribution in [0.1, 0.15) is 29.5 Å². The molecule has 1 N–H and O–H groups in total. The minimum Gasteiger partial charge on any atom is -0.481 e. The van der Waals surface area contributed by atoms with Crippen LogP contribution in [0.5, 0.6) is 0 Å². The van der Waals surface area contributed by atoms with Gasteiger partial charge in [-0.2, -0.15) is 0 Å². The fourth-order valence-corrected chi connectivity index (χ4v) is 2.85. The van der Waals surface area contributed by atoms with Crippen LogP contribution in [0, 0.1) is 0 Å². The highest BCUT2D eigenvalue weighted by molar-refractivity contribution is 9.10. The largest absolute Gasteiger partial charge is 0.481 e. The van der Waals surface area contributed by atoms with Gasteiger partial charge in [-0.15, -0.1) is 0 Å². The SMILES string of the molecule is CC(C(=O)O)c1ccc2c(c1)/C(=C/c1ccc(Br)cc1)OC(=O)N2C. The lowest BCUT2D eigenvalue weighted by Gasteiger charge is -2.28. The predicted molar refractivity (Wildman–Crippen MR) is 99.4 cm³/mol. The van der Waals surface area contributed by atoms with E-state index in [2.05, 4.69) is 15.9 Å². The van der Waals surface area contributed by atoms with Crippen LogP contribution in [0.2, 0.25) is 0 Å². The topological polar surface area (TPSA) is 66.8 Å². The number of hydrogen-bond acceptors (Lipinski definition) is 3. The Morgan fingerprint density at radius 2 is 1.92 bits per heavy atom. The highest BCUT2D eigenvalue weighted by Crippen LogP contribution is 2.36. The summed E-state index contributed by atoms with van der Waals surface area (Å²) in [4.78, 5) is 24.8. The lowest BCUT2D eigenvalue weighted by Crippen LogP contribution is -2.31. The molecule has 0 aromatic heterocycles. The van der Waals surface area contributed by atoms with E-state index in [1.807, 2.05) is 24.3 Å². The van der Waals surface area contributed by atoms with Crippen LogP contribution in [-0.4, -0.2) is 24.2 Å². The summed E-state index contributed by atoms with van der Waals surface area (Å²) in [6.07, 6.45) is 1.29. The Morgan fingerprint density at radius 1 is 1.24 bits per heavy atom. The first-order valence-corrected chi connectivity index (χ1v) is 8.46. The minimum absolute atomic E-state index is 0.403. The number of carboxylic acid groups (broad SMARTS) is 1. The molecule has 2 aromatic carbocycles. The van der Waals surface area contributed by atoms with E-state index in [9.17, 15) is 14.7 Å². The van der Waals surface area contributed by atoms with E-state index >= 15 is 0 Å². The molecule has 1 atom stereocenters. The minimum atomic E-state index is -0.903. The molecule has 1 amide bonds. The lowest BCUT2D eigenvalue weighted by molar-refractivity contribution is -0.138. The predicted octanol–water partition coefficient (Wildman–Crippen LogP) is 4.72. The summed E-state index contributed by atoms with van der Waals surface area (Å²) in [5.41, 5.74) is 2.90. The molecule has 1 heterocycles. The van der Waals surface area contributed by atoms with Crippen molar-refractivity contribution in [2.75, 3.05) is 11.9 Å². The van der Waals surface area contributed by atoms with E-state index in [0.717, 1.165) is 10.0 Å². The Balaban J connectivity index is 2.11. The summed E-state index contributed by atoms with van der Waals surface area (Å²) in [6, 6.07) is 12.8. The number of nitrogens with zero attached hydrogens (tertiary/aromatic N) is 1. The van der Waals surface area contributed by atoms with Crippen LogP contribution in [0.25, 0.3) is 11.8 Å². The molecule has 128 valence electrons. The number of amides is 1. The zero-order valence-corrected chi connectivity index (χ0v) is 15.3. The van der Waals surface area contributed by atoms with Crippen LogP contribution in [0.15, 0.2) is 46.9 Å². The van der Waals surface area contributed by atoms with Gasteiger partial charge in [-0.1, -0.05) is 34.1 Å². The van der Waals surface area contributed by atoms with Gasteiger partial charge in [0.25, 0.3) is 0 Å². The van der Waals surface area contributed by atoms with Crippen molar-refractivity contribution in [3.05, 3.63) is 63.6 Å². The number of carboxylic acids is 1. The van der Waals surface area contributed by atoms with Crippen LogP contribution < -0.4 is 4.90 Å². The van der Waals surface area contributed by atoms with Crippen molar-refractivity contribution in [3.8, 4) is 0 Å². The van der Waals surface area contributed by atoms with E-state index in [-0.39, 0.29) is 0 Å². The molecule has 0 saturated heterocycles. The monoisotopic (exact) mass is 401 g/mol. The molecular formula is C19H16BrNO4. The van der Waals surface area contributed by atoms with Gasteiger partial charge >= 0.3 is 12.1 Å². The molecule has 0 saturated carbocycles. The van der Waals surface area contributed by atoms with Gasteiger partial charge in [0.1, 0.15) is 5.76 Å². The van der Waals surface area contributed by atoms with Crippen molar-refractivity contribution >= 4 is 45.5 Å². The average Bonchev–Trinajstić information content (AvgIpc) is 2.60. The van der Waals surface area contributed by atoms with Crippen molar-refractivity contribution < 1.29 is 19.4 Å². The normalized spacial score (nSPS) is 16.4. The van der Waals surface area contributed by atoms with Gasteiger partial charge in [0.05, 0.1) is 11.6 Å². The maximum absolute atomic E-state index is 12.1. The number of carbonyl (C=O) groups is 2. The summed E-state index contributed by atoms with van der Waals surface area (Å²) in [5, 5.41) is 9.25. The molecule has 0 fully saturated rings. The van der Waals surface area contributed by atoms with E-state index < -0.39 is 18.0 Å². The van der Waals surface area contributed by atoms with Crippen molar-refractivity contribution in [1.29, 1.82) is 0 Å². The first-order valence-electron chi connectivity index (χ1n) is 7.66. The Morgan fingerprint density at radius 3 is 2.56 bits per heavy atom. The summed E-state index contributed by atoms with van der Waals surface area (Å²) in [6.45, 7) is 1.63. The van der Waals surface area contributed by atoms with Gasteiger partial charge < -0.3 is 9.84 Å². The molecule has 1 aliphatic rings. The second-order valence-corrected chi connectivity index (χ2v) is 6.74. The third-order valence-electron chi connectivity index (χ3n) is 4.16. The van der Waals surface area contributed by atoms with Gasteiger partial charge in [-0.3, -0.25) is 9.69 Å². The van der Waals surface area contributed by atoms with Crippen LogP contribution in [0.4, 0.5) is 10.5 Å². The molecule has 25 heavy (non-hydrogen) atoms. The third kappa shape index (κ3) is 3.44. The smallest absolute Gasteiger partial charge is 0.419 e. The first-order chi connectivity index (χ1) is 11.9. The van der Waals surface area contributed by atoms with Gasteiger partial charge in [0, 0.05) is 17.1 Å². The van der Waals surface area contributed by atoms with E-state index in [4.69, 9.17) is 4.74 Å². The number of anilines is 1. The van der Waals surface area contributed by atoms with Crippen molar-refractivity contribution in [3.63, 3.8) is 0 Å². The maximum Gasteiger partial charge on any atom is 0.419 e. The first kappa shape index (κ1) is 17.2. The fourth-order valence-electron chi connectivity index (χ4n) is 2.59. The standard InChI is InChI=1S/C19H16BrNO4/c1-11(18(22)23)13-5-8-16-15(10-13)17(25-19(24)21(16)2)9-12-3-6-14(20)7-4-12/h3-11H,1-2H3,(H,22,23)/b17-9-. The molecule has 1 aliphatic heterocycles. The van der Waals surface area contributed by atoms with Crippen molar-refractivity contribution in [2.24, 2.45) is 0 Å². The molecule has 5 nitrogen and oxygen atoms in total. The number of cyclic esters (lactones) is 1. The Hall–Kier alpha value is -2.60.